The molecule has 1 aromatic carbocycles. The summed E-state index contributed by atoms with van der Waals surface area (Å²) in [5.74, 6) is 0.308. The monoisotopic (exact) mass is 384 g/mol. The lowest BCUT2D eigenvalue weighted by Gasteiger charge is -2.32. The van der Waals surface area contributed by atoms with Crippen molar-refractivity contribution in [1.29, 1.82) is 0 Å². The Labute approximate surface area is 164 Å². The average Bonchev–Trinajstić information content (AvgIpc) is 2.64. The van der Waals surface area contributed by atoms with Crippen LogP contribution in [0.3, 0.4) is 0 Å². The summed E-state index contributed by atoms with van der Waals surface area (Å²) >= 11 is 6.75. The van der Waals surface area contributed by atoms with E-state index in [4.69, 9.17) is 18.0 Å². The van der Waals surface area contributed by atoms with Crippen molar-refractivity contribution < 1.29 is 0 Å². The zero-order valence-corrected chi connectivity index (χ0v) is 16.9. The molecule has 1 saturated carbocycles. The van der Waals surface area contributed by atoms with Crippen LogP contribution in [-0.2, 0) is 5.41 Å². The van der Waals surface area contributed by atoms with Crippen molar-refractivity contribution in [2.75, 3.05) is 0 Å². The van der Waals surface area contributed by atoms with Crippen molar-refractivity contribution >= 4 is 34.1 Å². The lowest BCUT2D eigenvalue weighted by atomic mass is 9.73. The zero-order chi connectivity index (χ0) is 18.6. The first-order chi connectivity index (χ1) is 12.5. The third-order valence-corrected chi connectivity index (χ3v) is 6.04. The lowest BCUT2D eigenvalue weighted by molar-refractivity contribution is 0.311. The van der Waals surface area contributed by atoms with Crippen LogP contribution in [0, 0.1) is 6.92 Å². The molecule has 1 fully saturated rings. The van der Waals surface area contributed by atoms with Gasteiger partial charge >= 0.3 is 0 Å². The maximum absolute atomic E-state index is 6.08. The Bertz CT molecular complexity index is 792. The Balaban J connectivity index is 1.68. The van der Waals surface area contributed by atoms with Crippen LogP contribution >= 0.6 is 24.0 Å². The highest BCUT2D eigenvalue weighted by atomic mass is 32.2. The molecule has 2 aromatic rings. The molecule has 0 unspecified atom stereocenters. The highest BCUT2D eigenvalue weighted by Gasteiger charge is 2.30. The first kappa shape index (κ1) is 19.0. The fourth-order valence-electron chi connectivity index (χ4n) is 3.25. The SMILES string of the molecule is Cc1ccc(SC(=S)N=C(N)c2cnc(C3(C)CCCCC3)cn2)cc1. The van der Waals surface area contributed by atoms with E-state index in [0.29, 0.717) is 15.9 Å². The van der Waals surface area contributed by atoms with Gasteiger partial charge in [-0.3, -0.25) is 4.98 Å². The summed E-state index contributed by atoms with van der Waals surface area (Å²) in [6.45, 7) is 4.33. The summed E-state index contributed by atoms with van der Waals surface area (Å²) in [7, 11) is 0. The molecule has 6 heteroatoms. The Morgan fingerprint density at radius 2 is 1.81 bits per heavy atom. The number of aliphatic imine (C=N–C) groups is 1. The number of aromatic nitrogens is 2. The Hall–Kier alpha value is -1.79. The molecule has 3 rings (SSSR count). The number of thioether (sulfide) groups is 1. The zero-order valence-electron chi connectivity index (χ0n) is 15.2. The van der Waals surface area contributed by atoms with Crippen LogP contribution in [0.25, 0.3) is 0 Å². The number of nitrogens with two attached hydrogens (primary N) is 1. The average molecular weight is 385 g/mol. The van der Waals surface area contributed by atoms with Gasteiger partial charge in [0.2, 0.25) is 0 Å². The van der Waals surface area contributed by atoms with Crippen LogP contribution in [0.2, 0.25) is 0 Å². The van der Waals surface area contributed by atoms with Gasteiger partial charge in [0.15, 0.2) is 10.2 Å². The molecular formula is C20H24N4S2. The van der Waals surface area contributed by atoms with Gasteiger partial charge in [-0.25, -0.2) is 9.98 Å². The predicted molar refractivity (Wildman–Crippen MR) is 113 cm³/mol. The maximum Gasteiger partial charge on any atom is 0.166 e. The second-order valence-electron chi connectivity index (χ2n) is 7.09. The van der Waals surface area contributed by atoms with E-state index in [1.165, 1.54) is 49.4 Å². The van der Waals surface area contributed by atoms with Crippen LogP contribution in [0.1, 0.15) is 56.0 Å². The Morgan fingerprint density at radius 1 is 1.12 bits per heavy atom. The minimum absolute atomic E-state index is 0.131. The third kappa shape index (κ3) is 4.68. The predicted octanol–water partition coefficient (Wildman–Crippen LogP) is 4.79. The molecule has 0 radical (unpaired) electrons. The van der Waals surface area contributed by atoms with Crippen molar-refractivity contribution in [1.82, 2.24) is 9.97 Å². The molecule has 0 saturated heterocycles. The summed E-state index contributed by atoms with van der Waals surface area (Å²) in [6, 6.07) is 8.15. The van der Waals surface area contributed by atoms with E-state index in [1.807, 2.05) is 30.5 Å². The van der Waals surface area contributed by atoms with Gasteiger partial charge < -0.3 is 5.73 Å². The molecule has 0 spiro atoms. The van der Waals surface area contributed by atoms with Gasteiger partial charge in [-0.05, 0) is 31.9 Å². The number of benzene rings is 1. The Kier molecular flexibility index (Phi) is 6.04. The lowest BCUT2D eigenvalue weighted by Crippen LogP contribution is -2.27. The fraction of sp³-hybridized carbons (Fsp3) is 0.400. The summed E-state index contributed by atoms with van der Waals surface area (Å²) in [5.41, 5.74) is 9.04. The van der Waals surface area contributed by atoms with Crippen molar-refractivity contribution in [2.24, 2.45) is 10.7 Å². The van der Waals surface area contributed by atoms with E-state index < -0.39 is 0 Å². The van der Waals surface area contributed by atoms with E-state index in [0.717, 1.165) is 10.6 Å². The van der Waals surface area contributed by atoms with E-state index in [9.17, 15) is 0 Å². The van der Waals surface area contributed by atoms with Gasteiger partial charge in [0, 0.05) is 16.5 Å². The summed E-state index contributed by atoms with van der Waals surface area (Å²) < 4.78 is 0.469. The molecule has 1 heterocycles. The Morgan fingerprint density at radius 3 is 2.42 bits per heavy atom. The molecule has 26 heavy (non-hydrogen) atoms. The van der Waals surface area contributed by atoms with Crippen molar-refractivity contribution in [2.45, 2.75) is 56.3 Å². The minimum atomic E-state index is 0.131. The van der Waals surface area contributed by atoms with Crippen LogP contribution in [0.4, 0.5) is 0 Å². The molecule has 0 amide bonds. The largest absolute Gasteiger partial charge is 0.382 e. The molecule has 1 aromatic heterocycles. The van der Waals surface area contributed by atoms with Crippen molar-refractivity contribution in [3.63, 3.8) is 0 Å². The smallest absolute Gasteiger partial charge is 0.166 e. The first-order valence-corrected chi connectivity index (χ1v) is 10.1. The summed E-state index contributed by atoms with van der Waals surface area (Å²) in [5, 5.41) is 0. The molecule has 0 aliphatic heterocycles. The number of amidine groups is 1. The third-order valence-electron chi connectivity index (χ3n) is 4.93. The molecule has 0 bridgehead atoms. The number of aryl methyl sites for hydroxylation is 1. The van der Waals surface area contributed by atoms with Crippen LogP contribution in [0.5, 0.6) is 0 Å². The van der Waals surface area contributed by atoms with Gasteiger partial charge in [-0.2, -0.15) is 0 Å². The molecule has 2 N–H and O–H groups in total. The number of hydrogen-bond donors (Lipinski definition) is 1. The number of rotatable bonds is 3. The second-order valence-corrected chi connectivity index (χ2v) is 8.79. The molecular weight excluding hydrogens is 360 g/mol. The highest BCUT2D eigenvalue weighted by molar-refractivity contribution is 8.23. The topological polar surface area (TPSA) is 64.2 Å². The number of thiocarbonyl (C=S) groups is 1. The highest BCUT2D eigenvalue weighted by Crippen LogP contribution is 2.37. The minimum Gasteiger partial charge on any atom is -0.382 e. The standard InChI is InChI=1S/C20H24N4S2/c1-14-6-8-15(9-7-14)26-19(25)24-18(21)16-12-23-17(13-22-16)20(2)10-4-3-5-11-20/h6-9,12-13H,3-5,10-11H2,1-2H3,(H2,21,24,25). The van der Waals surface area contributed by atoms with Crippen molar-refractivity contribution in [3.05, 3.63) is 53.6 Å². The first-order valence-electron chi connectivity index (χ1n) is 8.92. The van der Waals surface area contributed by atoms with E-state index >= 15 is 0 Å². The van der Waals surface area contributed by atoms with E-state index in [1.54, 1.807) is 6.20 Å². The molecule has 136 valence electrons. The normalized spacial score (nSPS) is 17.1. The van der Waals surface area contributed by atoms with Crippen LogP contribution in [0.15, 0.2) is 46.5 Å². The molecule has 0 atom stereocenters. The van der Waals surface area contributed by atoms with E-state index in [-0.39, 0.29) is 5.41 Å². The maximum atomic E-state index is 6.08. The molecule has 1 aliphatic rings. The quantitative estimate of drug-likeness (QED) is 0.357. The van der Waals surface area contributed by atoms with Gasteiger partial charge in [0.05, 0.1) is 11.9 Å². The molecule has 4 nitrogen and oxygen atoms in total. The summed E-state index contributed by atoms with van der Waals surface area (Å²) in [4.78, 5) is 14.5. The van der Waals surface area contributed by atoms with Gasteiger partial charge in [0.1, 0.15) is 5.69 Å². The van der Waals surface area contributed by atoms with Gasteiger partial charge in [-0.1, -0.05) is 67.9 Å². The van der Waals surface area contributed by atoms with Crippen molar-refractivity contribution in [3.8, 4) is 0 Å². The van der Waals surface area contributed by atoms with Crippen LogP contribution in [-0.4, -0.2) is 20.1 Å². The van der Waals surface area contributed by atoms with Gasteiger partial charge in [0.25, 0.3) is 0 Å². The second kappa shape index (κ2) is 8.27. The fourth-order valence-corrected chi connectivity index (χ4v) is 4.25. The number of hydrogen-bond acceptors (Lipinski definition) is 4. The summed E-state index contributed by atoms with van der Waals surface area (Å²) in [6.07, 6.45) is 9.73. The van der Waals surface area contributed by atoms with Crippen LogP contribution < -0.4 is 5.73 Å². The van der Waals surface area contributed by atoms with E-state index in [2.05, 4.69) is 28.8 Å². The van der Waals surface area contributed by atoms with Gasteiger partial charge in [-0.15, -0.1) is 0 Å². The number of nitrogens with zero attached hydrogens (tertiary/aromatic N) is 3. The molecule has 1 aliphatic carbocycles.